The minimum absolute atomic E-state index is 0.0551. The standard InChI is InChI=1S/C11H20O5S/c1-2-9-17(12,13)16-10-5-3-4-6-11(10)14-7-8-15-11/h10H,2-9H2,1H3. The van der Waals surface area contributed by atoms with E-state index >= 15 is 0 Å². The third-order valence-corrected chi connectivity index (χ3v) is 4.66. The molecular weight excluding hydrogens is 244 g/mol. The van der Waals surface area contributed by atoms with Crippen LogP contribution in [0.25, 0.3) is 0 Å². The second kappa shape index (κ2) is 5.22. The zero-order valence-electron chi connectivity index (χ0n) is 10.2. The quantitative estimate of drug-likeness (QED) is 0.719. The van der Waals surface area contributed by atoms with Gasteiger partial charge in [0, 0.05) is 6.42 Å². The fourth-order valence-corrected chi connectivity index (χ4v) is 3.67. The first-order valence-corrected chi connectivity index (χ1v) is 7.84. The first-order chi connectivity index (χ1) is 8.08. The molecular formula is C11H20O5S. The Labute approximate surface area is 103 Å². The van der Waals surface area contributed by atoms with Crippen LogP contribution in [0.15, 0.2) is 0 Å². The van der Waals surface area contributed by atoms with Gasteiger partial charge in [0.15, 0.2) is 5.79 Å². The van der Waals surface area contributed by atoms with Gasteiger partial charge in [-0.1, -0.05) is 13.3 Å². The summed E-state index contributed by atoms with van der Waals surface area (Å²) < 4.78 is 39.9. The van der Waals surface area contributed by atoms with E-state index in [9.17, 15) is 8.42 Å². The molecule has 1 aliphatic carbocycles. The molecule has 0 N–H and O–H groups in total. The van der Waals surface area contributed by atoms with Crippen LogP contribution in [0.4, 0.5) is 0 Å². The molecule has 1 saturated heterocycles. The molecule has 100 valence electrons. The summed E-state index contributed by atoms with van der Waals surface area (Å²) in [5, 5.41) is 0. The van der Waals surface area contributed by atoms with Crippen molar-refractivity contribution >= 4 is 10.1 Å². The van der Waals surface area contributed by atoms with Gasteiger partial charge in [0.2, 0.25) is 0 Å². The summed E-state index contributed by atoms with van der Waals surface area (Å²) in [7, 11) is -3.45. The Bertz CT molecular complexity index is 345. The van der Waals surface area contributed by atoms with Crippen LogP contribution < -0.4 is 0 Å². The van der Waals surface area contributed by atoms with Gasteiger partial charge in [0.1, 0.15) is 6.10 Å². The third kappa shape index (κ3) is 2.99. The SMILES string of the molecule is CCCS(=O)(=O)OC1CCCCC12OCCO2. The minimum atomic E-state index is -3.45. The lowest BCUT2D eigenvalue weighted by atomic mass is 9.91. The highest BCUT2D eigenvalue weighted by molar-refractivity contribution is 7.86. The summed E-state index contributed by atoms with van der Waals surface area (Å²) in [5.41, 5.74) is 0. The Morgan fingerprint density at radius 2 is 2.00 bits per heavy atom. The van der Waals surface area contributed by atoms with Crippen LogP contribution in [0.1, 0.15) is 39.0 Å². The summed E-state index contributed by atoms with van der Waals surface area (Å²) >= 11 is 0. The van der Waals surface area contributed by atoms with Gasteiger partial charge in [-0.05, 0) is 19.3 Å². The molecule has 0 radical (unpaired) electrons. The number of rotatable bonds is 4. The molecule has 17 heavy (non-hydrogen) atoms. The van der Waals surface area contributed by atoms with E-state index in [2.05, 4.69) is 0 Å². The molecule has 2 fully saturated rings. The highest BCUT2D eigenvalue weighted by Crippen LogP contribution is 2.38. The maximum atomic E-state index is 11.7. The largest absolute Gasteiger partial charge is 0.345 e. The summed E-state index contributed by atoms with van der Waals surface area (Å²) in [5.74, 6) is -0.751. The van der Waals surface area contributed by atoms with Crippen LogP contribution in [0, 0.1) is 0 Å². The predicted octanol–water partition coefficient (Wildman–Crippen LogP) is 1.43. The Morgan fingerprint density at radius 1 is 1.29 bits per heavy atom. The van der Waals surface area contributed by atoms with E-state index in [0.29, 0.717) is 26.1 Å². The smallest absolute Gasteiger partial charge is 0.267 e. The van der Waals surface area contributed by atoms with E-state index in [1.807, 2.05) is 6.92 Å². The topological polar surface area (TPSA) is 61.8 Å². The molecule has 1 spiro atoms. The van der Waals surface area contributed by atoms with Crippen molar-refractivity contribution in [3.63, 3.8) is 0 Å². The Kier molecular flexibility index (Phi) is 4.07. The van der Waals surface area contributed by atoms with Crippen molar-refractivity contribution in [1.29, 1.82) is 0 Å². The van der Waals surface area contributed by atoms with Gasteiger partial charge in [-0.3, -0.25) is 4.18 Å². The van der Waals surface area contributed by atoms with Crippen LogP contribution in [0.5, 0.6) is 0 Å². The lowest BCUT2D eigenvalue weighted by Gasteiger charge is -2.38. The zero-order valence-corrected chi connectivity index (χ0v) is 11.0. The van der Waals surface area contributed by atoms with Crippen molar-refractivity contribution < 1.29 is 22.1 Å². The van der Waals surface area contributed by atoms with E-state index in [1.54, 1.807) is 0 Å². The summed E-state index contributed by atoms with van der Waals surface area (Å²) in [6.07, 6.45) is 3.44. The van der Waals surface area contributed by atoms with E-state index in [0.717, 1.165) is 19.3 Å². The second-order valence-corrected chi connectivity index (χ2v) is 6.32. The average Bonchev–Trinajstić information content (AvgIpc) is 2.71. The van der Waals surface area contributed by atoms with Gasteiger partial charge in [0.25, 0.3) is 10.1 Å². The van der Waals surface area contributed by atoms with E-state index < -0.39 is 22.0 Å². The van der Waals surface area contributed by atoms with Crippen LogP contribution in [-0.2, 0) is 23.8 Å². The molecule has 0 bridgehead atoms. The predicted molar refractivity (Wildman–Crippen MR) is 62.1 cm³/mol. The first-order valence-electron chi connectivity index (χ1n) is 6.27. The molecule has 1 saturated carbocycles. The average molecular weight is 264 g/mol. The maximum absolute atomic E-state index is 11.7. The summed E-state index contributed by atoms with van der Waals surface area (Å²) in [4.78, 5) is 0. The molecule has 1 aliphatic heterocycles. The molecule has 0 amide bonds. The van der Waals surface area contributed by atoms with E-state index in [1.165, 1.54) is 0 Å². The lowest BCUT2D eigenvalue weighted by molar-refractivity contribution is -0.227. The molecule has 6 heteroatoms. The molecule has 5 nitrogen and oxygen atoms in total. The normalized spacial score (nSPS) is 28.6. The summed E-state index contributed by atoms with van der Waals surface area (Å²) in [6, 6.07) is 0. The number of hydrogen-bond donors (Lipinski definition) is 0. The number of hydrogen-bond acceptors (Lipinski definition) is 5. The van der Waals surface area contributed by atoms with Crippen LogP contribution >= 0.6 is 0 Å². The van der Waals surface area contributed by atoms with Crippen molar-refractivity contribution in [2.45, 2.75) is 50.9 Å². The van der Waals surface area contributed by atoms with Crippen molar-refractivity contribution in [2.75, 3.05) is 19.0 Å². The fraction of sp³-hybridized carbons (Fsp3) is 1.00. The van der Waals surface area contributed by atoms with Gasteiger partial charge in [-0.2, -0.15) is 8.42 Å². The highest BCUT2D eigenvalue weighted by atomic mass is 32.2. The Balaban J connectivity index is 2.07. The summed E-state index contributed by atoms with van der Waals surface area (Å²) in [6.45, 7) is 2.86. The van der Waals surface area contributed by atoms with Gasteiger partial charge in [0.05, 0.1) is 19.0 Å². The van der Waals surface area contributed by atoms with Crippen molar-refractivity contribution in [3.05, 3.63) is 0 Å². The van der Waals surface area contributed by atoms with Gasteiger partial charge in [-0.15, -0.1) is 0 Å². The lowest BCUT2D eigenvalue weighted by Crippen LogP contribution is -2.48. The van der Waals surface area contributed by atoms with Crippen molar-refractivity contribution in [3.8, 4) is 0 Å². The maximum Gasteiger partial charge on any atom is 0.267 e. The first kappa shape index (κ1) is 13.3. The fourth-order valence-electron chi connectivity index (χ4n) is 2.48. The van der Waals surface area contributed by atoms with Crippen molar-refractivity contribution in [2.24, 2.45) is 0 Å². The van der Waals surface area contributed by atoms with Gasteiger partial charge < -0.3 is 9.47 Å². The monoisotopic (exact) mass is 264 g/mol. The third-order valence-electron chi connectivity index (χ3n) is 3.23. The van der Waals surface area contributed by atoms with E-state index in [-0.39, 0.29) is 5.75 Å². The Morgan fingerprint density at radius 3 is 2.65 bits per heavy atom. The van der Waals surface area contributed by atoms with Crippen LogP contribution in [-0.4, -0.2) is 39.3 Å². The molecule has 0 aromatic heterocycles. The number of ether oxygens (including phenoxy) is 2. The molecule has 1 atom stereocenters. The van der Waals surface area contributed by atoms with E-state index in [4.69, 9.17) is 13.7 Å². The second-order valence-electron chi connectivity index (χ2n) is 4.60. The van der Waals surface area contributed by atoms with Gasteiger partial charge >= 0.3 is 0 Å². The molecule has 1 heterocycles. The minimum Gasteiger partial charge on any atom is -0.345 e. The molecule has 2 rings (SSSR count). The van der Waals surface area contributed by atoms with Crippen LogP contribution in [0.2, 0.25) is 0 Å². The molecule has 2 aliphatic rings. The molecule has 1 unspecified atom stereocenters. The highest BCUT2D eigenvalue weighted by Gasteiger charge is 2.48. The van der Waals surface area contributed by atoms with Gasteiger partial charge in [-0.25, -0.2) is 0 Å². The zero-order chi connectivity index (χ0) is 12.4. The molecule has 0 aromatic carbocycles. The Hall–Kier alpha value is -0.170. The van der Waals surface area contributed by atoms with Crippen molar-refractivity contribution in [1.82, 2.24) is 0 Å². The van der Waals surface area contributed by atoms with Crippen LogP contribution in [0.3, 0.4) is 0 Å². The molecule has 0 aromatic rings.